The van der Waals surface area contributed by atoms with Crippen LogP contribution >= 0.6 is 0 Å². The number of benzene rings is 2. The highest BCUT2D eigenvalue weighted by molar-refractivity contribution is 5.83. The van der Waals surface area contributed by atoms with Gasteiger partial charge in [0.1, 0.15) is 18.2 Å². The maximum atomic E-state index is 13.5. The van der Waals surface area contributed by atoms with E-state index in [1.165, 1.54) is 28.9 Å². The van der Waals surface area contributed by atoms with E-state index in [0.717, 1.165) is 41.7 Å². The summed E-state index contributed by atoms with van der Waals surface area (Å²) in [5.74, 6) is 0.501. The molecule has 1 aliphatic carbocycles. The van der Waals surface area contributed by atoms with E-state index in [1.54, 1.807) is 0 Å². The molecule has 0 aromatic heterocycles. The van der Waals surface area contributed by atoms with Crippen LogP contribution < -0.4 is 4.74 Å². The fourth-order valence-corrected chi connectivity index (χ4v) is 3.69. The van der Waals surface area contributed by atoms with Crippen molar-refractivity contribution in [2.45, 2.75) is 33.1 Å². The second-order valence-electron chi connectivity index (χ2n) is 7.01. The van der Waals surface area contributed by atoms with Gasteiger partial charge in [-0.2, -0.15) is 0 Å². The molecular weight excluding hydrogens is 351 g/mol. The first kappa shape index (κ1) is 20.1. The molecule has 0 spiro atoms. The molecule has 3 rings (SSSR count). The van der Waals surface area contributed by atoms with Gasteiger partial charge in [0.2, 0.25) is 0 Å². The summed E-state index contributed by atoms with van der Waals surface area (Å²) in [4.78, 5) is 0. The highest BCUT2D eigenvalue weighted by Gasteiger charge is 2.19. The zero-order valence-electron chi connectivity index (χ0n) is 16.5. The van der Waals surface area contributed by atoms with Gasteiger partial charge in [0, 0.05) is 0 Å². The third-order valence-corrected chi connectivity index (χ3v) is 5.14. The molecule has 0 aliphatic heterocycles. The normalized spacial score (nSPS) is 17.2. The Morgan fingerprint density at radius 1 is 0.893 bits per heavy atom. The van der Waals surface area contributed by atoms with E-state index in [0.29, 0.717) is 0 Å². The summed E-state index contributed by atoms with van der Waals surface area (Å²) in [5.41, 5.74) is 7.45. The van der Waals surface area contributed by atoms with Gasteiger partial charge in [-0.1, -0.05) is 53.1 Å². The second kappa shape index (κ2) is 9.52. The Balaban J connectivity index is 2.08. The Morgan fingerprint density at radius 2 is 1.43 bits per heavy atom. The maximum Gasteiger partial charge on any atom is 0.123 e. The molecule has 2 aromatic rings. The van der Waals surface area contributed by atoms with Crippen LogP contribution in [0.3, 0.4) is 0 Å². The van der Waals surface area contributed by atoms with E-state index in [1.807, 2.05) is 36.4 Å². The van der Waals surface area contributed by atoms with Crippen LogP contribution in [0.25, 0.3) is 5.57 Å². The van der Waals surface area contributed by atoms with Gasteiger partial charge in [-0.25, -0.2) is 4.39 Å². The van der Waals surface area contributed by atoms with Crippen molar-refractivity contribution in [3.8, 4) is 5.75 Å². The molecule has 1 saturated carbocycles. The number of aliphatic hydroxyl groups is 1. The predicted molar refractivity (Wildman–Crippen MR) is 113 cm³/mol. The van der Waals surface area contributed by atoms with Crippen molar-refractivity contribution in [1.82, 2.24) is 0 Å². The molecule has 2 aromatic carbocycles. The molecular formula is C25H27FO2. The zero-order chi connectivity index (χ0) is 19.9. The monoisotopic (exact) mass is 378 g/mol. The Hall–Kier alpha value is -2.65. The maximum absolute atomic E-state index is 13.5. The predicted octanol–water partition coefficient (Wildman–Crippen LogP) is 6.08. The molecule has 0 unspecified atom stereocenters. The Morgan fingerprint density at radius 3 is 1.93 bits per heavy atom. The molecule has 0 radical (unpaired) electrons. The van der Waals surface area contributed by atoms with E-state index in [4.69, 9.17) is 9.84 Å². The van der Waals surface area contributed by atoms with Gasteiger partial charge in [0.25, 0.3) is 0 Å². The van der Waals surface area contributed by atoms with Crippen LogP contribution in [0.2, 0.25) is 0 Å². The third-order valence-electron chi connectivity index (χ3n) is 5.14. The largest absolute Gasteiger partial charge is 0.491 e. The summed E-state index contributed by atoms with van der Waals surface area (Å²) in [6.07, 6.45) is 7.31. The highest BCUT2D eigenvalue weighted by Crippen LogP contribution is 2.39. The van der Waals surface area contributed by atoms with E-state index >= 15 is 0 Å². The van der Waals surface area contributed by atoms with E-state index in [-0.39, 0.29) is 19.0 Å². The number of halogens is 1. The molecule has 1 N–H and O–H groups in total. The van der Waals surface area contributed by atoms with Crippen molar-refractivity contribution >= 4 is 5.57 Å². The first-order valence-corrected chi connectivity index (χ1v) is 9.74. The minimum Gasteiger partial charge on any atom is -0.491 e. The summed E-state index contributed by atoms with van der Waals surface area (Å²) in [6.45, 7) is 4.46. The van der Waals surface area contributed by atoms with Crippen LogP contribution in [0.15, 0.2) is 77.4 Å². The average Bonchev–Trinajstić information content (AvgIpc) is 2.74. The molecule has 3 heteroatoms. The second-order valence-corrected chi connectivity index (χ2v) is 7.01. The third kappa shape index (κ3) is 4.79. The fourth-order valence-electron chi connectivity index (χ4n) is 3.69. The van der Waals surface area contributed by atoms with Gasteiger partial charge in [0.05, 0.1) is 6.61 Å². The van der Waals surface area contributed by atoms with Crippen LogP contribution in [0.5, 0.6) is 5.75 Å². The quantitative estimate of drug-likeness (QED) is 0.639. The molecule has 28 heavy (non-hydrogen) atoms. The van der Waals surface area contributed by atoms with Crippen LogP contribution in [-0.4, -0.2) is 18.3 Å². The summed E-state index contributed by atoms with van der Waals surface area (Å²) in [7, 11) is 0. The Kier molecular flexibility index (Phi) is 6.83. The SMILES string of the molecule is C/C=C1/CC(=C(c2ccc(F)cc2)c2ccc(OCCO)cc2)C/C(=C/C)C1. The first-order chi connectivity index (χ1) is 13.6. The topological polar surface area (TPSA) is 29.5 Å². The molecule has 0 bridgehead atoms. The molecule has 1 fully saturated rings. The molecule has 0 saturated heterocycles. The molecule has 0 atom stereocenters. The average molecular weight is 378 g/mol. The molecule has 2 nitrogen and oxygen atoms in total. The highest BCUT2D eigenvalue weighted by atomic mass is 19.1. The lowest BCUT2D eigenvalue weighted by atomic mass is 9.80. The van der Waals surface area contributed by atoms with Gasteiger partial charge in [-0.3, -0.25) is 0 Å². The number of rotatable bonds is 5. The number of hydrogen-bond acceptors (Lipinski definition) is 2. The fraction of sp³-hybridized carbons (Fsp3) is 0.280. The lowest BCUT2D eigenvalue weighted by molar-refractivity contribution is 0.201. The Bertz CT molecular complexity index is 865. The number of ether oxygens (including phenoxy) is 1. The van der Waals surface area contributed by atoms with Crippen molar-refractivity contribution < 1.29 is 14.2 Å². The number of hydrogen-bond donors (Lipinski definition) is 1. The molecule has 146 valence electrons. The molecule has 0 heterocycles. The number of aliphatic hydroxyl groups excluding tert-OH is 1. The van der Waals surface area contributed by atoms with Crippen molar-refractivity contribution in [1.29, 1.82) is 0 Å². The van der Waals surface area contributed by atoms with Crippen molar-refractivity contribution in [2.75, 3.05) is 13.2 Å². The minimum absolute atomic E-state index is 0.00904. The lowest BCUT2D eigenvalue weighted by Crippen LogP contribution is -2.05. The smallest absolute Gasteiger partial charge is 0.123 e. The zero-order valence-corrected chi connectivity index (χ0v) is 16.5. The first-order valence-electron chi connectivity index (χ1n) is 9.74. The van der Waals surface area contributed by atoms with Crippen LogP contribution in [0.4, 0.5) is 4.39 Å². The standard InChI is InChI=1S/C25H27FO2/c1-3-18-15-19(4-2)17-22(16-18)25(20-5-9-23(26)10-6-20)21-7-11-24(12-8-21)28-14-13-27/h3-12,27H,13-17H2,1-2H3/b18-3+,19-4+. The van der Waals surface area contributed by atoms with Crippen molar-refractivity contribution in [3.05, 3.63) is 94.3 Å². The van der Waals surface area contributed by atoms with Crippen LogP contribution in [0, 0.1) is 5.82 Å². The van der Waals surface area contributed by atoms with Gasteiger partial charge in [0.15, 0.2) is 0 Å². The van der Waals surface area contributed by atoms with Crippen molar-refractivity contribution in [2.24, 2.45) is 0 Å². The summed E-state index contributed by atoms with van der Waals surface area (Å²) in [6, 6.07) is 14.7. The van der Waals surface area contributed by atoms with Crippen LogP contribution in [-0.2, 0) is 0 Å². The molecule has 0 amide bonds. The van der Waals surface area contributed by atoms with Crippen molar-refractivity contribution in [3.63, 3.8) is 0 Å². The van der Waals surface area contributed by atoms with Gasteiger partial charge >= 0.3 is 0 Å². The molecule has 1 aliphatic rings. The summed E-state index contributed by atoms with van der Waals surface area (Å²) < 4.78 is 19.0. The van der Waals surface area contributed by atoms with Gasteiger partial charge < -0.3 is 9.84 Å². The van der Waals surface area contributed by atoms with Crippen LogP contribution in [0.1, 0.15) is 44.2 Å². The summed E-state index contributed by atoms with van der Waals surface area (Å²) >= 11 is 0. The van der Waals surface area contributed by atoms with Gasteiger partial charge in [-0.05, 0) is 74.1 Å². The van der Waals surface area contributed by atoms with E-state index < -0.39 is 0 Å². The van der Waals surface area contributed by atoms with E-state index in [2.05, 4.69) is 26.0 Å². The Labute approximate surface area is 166 Å². The number of allylic oxidation sites excluding steroid dienone is 5. The minimum atomic E-state index is -0.229. The van der Waals surface area contributed by atoms with E-state index in [9.17, 15) is 4.39 Å². The lowest BCUT2D eigenvalue weighted by Gasteiger charge is -2.25. The summed E-state index contributed by atoms with van der Waals surface area (Å²) in [5, 5.41) is 8.93. The van der Waals surface area contributed by atoms with Gasteiger partial charge in [-0.15, -0.1) is 0 Å².